The van der Waals surface area contributed by atoms with E-state index in [2.05, 4.69) is 0 Å². The van der Waals surface area contributed by atoms with Crippen LogP contribution >= 0.6 is 0 Å². The van der Waals surface area contributed by atoms with Crippen LogP contribution in [0.5, 0.6) is 0 Å². The second-order valence-corrected chi connectivity index (χ2v) is 13.8. The Hall–Kier alpha value is -1.19. The zero-order chi connectivity index (χ0) is 29.7. The third-order valence-electron chi connectivity index (χ3n) is 12.2. The second kappa shape index (κ2) is 9.91. The highest BCUT2D eigenvalue weighted by molar-refractivity contribution is 5.85. The third kappa shape index (κ3) is 3.99. The minimum absolute atomic E-state index is 0.0369. The van der Waals surface area contributed by atoms with E-state index in [1.54, 1.807) is 0 Å². The van der Waals surface area contributed by atoms with Gasteiger partial charge in [0.2, 0.25) is 0 Å². The van der Waals surface area contributed by atoms with Crippen molar-refractivity contribution in [2.24, 2.45) is 28.6 Å². The molecule has 8 N–H and O–H groups in total. The van der Waals surface area contributed by atoms with Gasteiger partial charge in [-0.05, 0) is 56.4 Å². The maximum atomic E-state index is 12.4. The van der Waals surface area contributed by atoms with Gasteiger partial charge in [-0.15, -0.1) is 0 Å². The van der Waals surface area contributed by atoms with E-state index >= 15 is 0 Å². The first kappa shape index (κ1) is 29.9. The molecule has 0 aromatic carbocycles. The Labute approximate surface area is 238 Å². The molecule has 0 radical (unpaired) electrons. The van der Waals surface area contributed by atoms with Crippen molar-refractivity contribution < 1.29 is 59.9 Å². The lowest BCUT2D eigenvalue weighted by atomic mass is 9.40. The smallest absolute Gasteiger partial charge is 0.331 e. The highest BCUT2D eigenvalue weighted by Crippen LogP contribution is 2.70. The van der Waals surface area contributed by atoms with Crippen LogP contribution in [0.3, 0.4) is 0 Å². The summed E-state index contributed by atoms with van der Waals surface area (Å²) in [5.74, 6) is -1.93. The number of hydrogen-bond donors (Lipinski definition) is 8. The monoisotopic (exact) mass is 584 g/mol. The quantitative estimate of drug-likeness (QED) is 0.140. The van der Waals surface area contributed by atoms with Gasteiger partial charge in [0.25, 0.3) is 0 Å². The van der Waals surface area contributed by atoms with E-state index < -0.39 is 95.5 Å². The molecule has 0 bridgehead atoms. The van der Waals surface area contributed by atoms with Gasteiger partial charge >= 0.3 is 5.97 Å². The molecule has 0 unspecified atom stereocenters. The Morgan fingerprint density at radius 2 is 1.76 bits per heavy atom. The molecule has 5 fully saturated rings. The fourth-order valence-electron chi connectivity index (χ4n) is 10.1. The molecule has 0 aromatic heterocycles. The molecule has 12 heteroatoms. The lowest BCUT2D eigenvalue weighted by molar-refractivity contribution is -0.342. The van der Waals surface area contributed by atoms with E-state index in [0.717, 1.165) is 5.57 Å². The molecule has 1 saturated heterocycles. The zero-order valence-corrected chi connectivity index (χ0v) is 23.5. The highest BCUT2D eigenvalue weighted by atomic mass is 16.7. The van der Waals surface area contributed by atoms with E-state index in [-0.39, 0.29) is 38.2 Å². The van der Waals surface area contributed by atoms with Crippen molar-refractivity contribution in [3.8, 4) is 0 Å². The maximum Gasteiger partial charge on any atom is 0.331 e. The molecule has 232 valence electrons. The normalized spacial score (nSPS) is 56.9. The summed E-state index contributed by atoms with van der Waals surface area (Å²) < 4.78 is 16.7. The average Bonchev–Trinajstić information content (AvgIpc) is 3.45. The van der Waals surface area contributed by atoms with Crippen LogP contribution in [0.25, 0.3) is 0 Å². The Morgan fingerprint density at radius 1 is 1.02 bits per heavy atom. The number of carbonyl (C=O) groups excluding carboxylic acids is 1. The lowest BCUT2D eigenvalue weighted by Gasteiger charge is -2.68. The summed E-state index contributed by atoms with van der Waals surface area (Å²) >= 11 is 0. The van der Waals surface area contributed by atoms with Crippen molar-refractivity contribution in [2.45, 2.75) is 119 Å². The van der Waals surface area contributed by atoms with E-state index in [9.17, 15) is 45.6 Å². The van der Waals surface area contributed by atoms with Crippen LogP contribution < -0.4 is 0 Å². The molecule has 2 heterocycles. The van der Waals surface area contributed by atoms with Crippen molar-refractivity contribution in [1.82, 2.24) is 0 Å². The number of aliphatic hydroxyl groups excluding tert-OH is 6. The van der Waals surface area contributed by atoms with Crippen molar-refractivity contribution in [1.29, 1.82) is 0 Å². The molecule has 4 aliphatic carbocycles. The zero-order valence-electron chi connectivity index (χ0n) is 23.5. The maximum absolute atomic E-state index is 12.4. The number of esters is 1. The number of hydrogen-bond acceptors (Lipinski definition) is 12. The average molecular weight is 585 g/mol. The van der Waals surface area contributed by atoms with Crippen LogP contribution in [0.1, 0.15) is 58.8 Å². The Balaban J connectivity index is 1.28. The summed E-state index contributed by atoms with van der Waals surface area (Å²) in [5, 5.41) is 89.6. The largest absolute Gasteiger partial charge is 0.458 e. The standard InChI is InChI=1S/C29H44O12/c1-13-22(34)23(35)24(36)25(40-13)41-15-8-19(32)28(12-30)21-17(3-5-27(28,37)9-15)29(38)6-4-16(14-7-20(33)39-11-14)26(29,2)10-18(21)31/h7,13,15-19,21-25,30-32,34-38H,3-6,8-12H2,1-2H3/t13-,15+,16-,17+,18+,19+,21+,22-,23+,24+,25+,26+,27-,28+,29-/m0/s1. The van der Waals surface area contributed by atoms with Crippen molar-refractivity contribution >= 4 is 5.97 Å². The number of cyclic esters (lactones) is 1. The Kier molecular flexibility index (Phi) is 7.22. The summed E-state index contributed by atoms with van der Waals surface area (Å²) in [4.78, 5) is 11.8. The number of carbonyl (C=O) groups is 1. The van der Waals surface area contributed by atoms with Crippen molar-refractivity contribution in [2.75, 3.05) is 13.2 Å². The Morgan fingerprint density at radius 3 is 2.41 bits per heavy atom. The van der Waals surface area contributed by atoms with Gasteiger partial charge in [-0.3, -0.25) is 0 Å². The third-order valence-corrected chi connectivity index (χ3v) is 12.2. The van der Waals surface area contributed by atoms with Gasteiger partial charge in [0.1, 0.15) is 24.9 Å². The van der Waals surface area contributed by atoms with Crippen LogP contribution in [-0.4, -0.2) is 120 Å². The summed E-state index contributed by atoms with van der Waals surface area (Å²) in [7, 11) is 0. The topological polar surface area (TPSA) is 207 Å². The van der Waals surface area contributed by atoms with Gasteiger partial charge in [0, 0.05) is 30.3 Å². The number of fused-ring (bicyclic) bond motifs is 5. The molecule has 41 heavy (non-hydrogen) atoms. The predicted molar refractivity (Wildman–Crippen MR) is 139 cm³/mol. The molecule has 12 nitrogen and oxygen atoms in total. The number of aliphatic hydroxyl groups is 8. The summed E-state index contributed by atoms with van der Waals surface area (Å²) in [6.45, 7) is 3.00. The fourth-order valence-corrected chi connectivity index (χ4v) is 10.1. The molecule has 4 saturated carbocycles. The van der Waals surface area contributed by atoms with Crippen LogP contribution in [0.15, 0.2) is 11.6 Å². The molecular weight excluding hydrogens is 540 g/mol. The summed E-state index contributed by atoms with van der Waals surface area (Å²) in [6.07, 6.45) is -6.68. The molecule has 6 rings (SSSR count). The van der Waals surface area contributed by atoms with Gasteiger partial charge < -0.3 is 55.1 Å². The number of ether oxygens (including phenoxy) is 3. The fraction of sp³-hybridized carbons (Fsp3) is 0.897. The molecular formula is C29H44O12. The molecule has 15 atom stereocenters. The minimum atomic E-state index is -1.67. The van der Waals surface area contributed by atoms with E-state index in [1.807, 2.05) is 6.92 Å². The van der Waals surface area contributed by atoms with Gasteiger partial charge in [0.15, 0.2) is 6.29 Å². The van der Waals surface area contributed by atoms with Gasteiger partial charge in [-0.2, -0.15) is 0 Å². The predicted octanol–water partition coefficient (Wildman–Crippen LogP) is -1.51. The van der Waals surface area contributed by atoms with Crippen molar-refractivity contribution in [3.63, 3.8) is 0 Å². The van der Waals surface area contributed by atoms with Gasteiger partial charge in [-0.1, -0.05) is 6.92 Å². The summed E-state index contributed by atoms with van der Waals surface area (Å²) in [5.41, 5.74) is -4.46. The first-order valence-electron chi connectivity index (χ1n) is 14.9. The van der Waals surface area contributed by atoms with E-state index in [0.29, 0.717) is 19.3 Å². The minimum Gasteiger partial charge on any atom is -0.458 e. The van der Waals surface area contributed by atoms with Crippen LogP contribution in [0, 0.1) is 28.6 Å². The summed E-state index contributed by atoms with van der Waals surface area (Å²) in [6, 6.07) is 0. The molecule has 0 aromatic rings. The Bertz CT molecular complexity index is 1080. The van der Waals surface area contributed by atoms with Crippen LogP contribution in [0.4, 0.5) is 0 Å². The second-order valence-electron chi connectivity index (χ2n) is 13.8. The molecule has 0 amide bonds. The lowest BCUT2D eigenvalue weighted by Crippen LogP contribution is -2.76. The van der Waals surface area contributed by atoms with E-state index in [1.165, 1.54) is 13.0 Å². The van der Waals surface area contributed by atoms with E-state index in [4.69, 9.17) is 14.2 Å². The van der Waals surface area contributed by atoms with Crippen LogP contribution in [-0.2, 0) is 19.0 Å². The molecule has 6 aliphatic rings. The van der Waals surface area contributed by atoms with Crippen LogP contribution in [0.2, 0.25) is 0 Å². The van der Waals surface area contributed by atoms with Gasteiger partial charge in [-0.25, -0.2) is 4.79 Å². The first-order chi connectivity index (χ1) is 19.2. The first-order valence-corrected chi connectivity index (χ1v) is 14.9. The number of rotatable bonds is 4. The highest BCUT2D eigenvalue weighted by Gasteiger charge is 2.75. The molecule has 0 spiro atoms. The molecule has 2 aliphatic heterocycles. The van der Waals surface area contributed by atoms with Gasteiger partial charge in [0.05, 0.1) is 47.6 Å². The van der Waals surface area contributed by atoms with Crippen molar-refractivity contribution in [3.05, 3.63) is 11.6 Å². The SMILES string of the molecule is C[C@@H]1O[C@H](O[C@@H]2C[C@@H](O)[C@]3(CO)[C@H]4[C@H](O)C[C@]5(C)[C@H](C6=CC(=O)OC6)CC[C@]5(O)[C@@H]4CC[C@]3(O)C2)[C@H](O)[C@H](O)[C@H]1O.